The number of piperidine rings is 1. The molecule has 1 aliphatic heterocycles. The van der Waals surface area contributed by atoms with Crippen molar-refractivity contribution in [2.75, 3.05) is 26.8 Å². The molecule has 2 aromatic carbocycles. The summed E-state index contributed by atoms with van der Waals surface area (Å²) in [5.74, 6) is 1.39. The Balaban J connectivity index is 1.69. The van der Waals surface area contributed by atoms with E-state index in [4.69, 9.17) is 14.2 Å². The summed E-state index contributed by atoms with van der Waals surface area (Å²) in [5.41, 5.74) is 0.306. The van der Waals surface area contributed by atoms with Crippen LogP contribution in [0.2, 0.25) is 0 Å². The van der Waals surface area contributed by atoms with Crippen molar-refractivity contribution >= 4 is 15.9 Å². The average molecular weight is 477 g/mol. The second-order valence-corrected chi connectivity index (χ2v) is 9.81. The van der Waals surface area contributed by atoms with Crippen molar-refractivity contribution in [1.29, 1.82) is 0 Å². The van der Waals surface area contributed by atoms with Crippen LogP contribution >= 0.6 is 0 Å². The number of nitrogens with zero attached hydrogens (tertiary/aromatic N) is 1. The third-order valence-corrected chi connectivity index (χ3v) is 6.94. The zero-order valence-electron chi connectivity index (χ0n) is 19.5. The molecule has 0 saturated carbocycles. The van der Waals surface area contributed by atoms with Crippen LogP contribution < -0.4 is 18.9 Å². The van der Waals surface area contributed by atoms with E-state index in [0.29, 0.717) is 49.6 Å². The highest BCUT2D eigenvalue weighted by molar-refractivity contribution is 7.89. The van der Waals surface area contributed by atoms with Crippen LogP contribution in [-0.4, -0.2) is 58.2 Å². The van der Waals surface area contributed by atoms with Crippen molar-refractivity contribution < 1.29 is 27.4 Å². The number of para-hydroxylation sites is 2. The van der Waals surface area contributed by atoms with Crippen LogP contribution in [0.25, 0.3) is 0 Å². The number of sulfonamides is 1. The fourth-order valence-electron chi connectivity index (χ4n) is 3.75. The van der Waals surface area contributed by atoms with E-state index >= 15 is 0 Å². The van der Waals surface area contributed by atoms with E-state index in [1.165, 1.54) is 19.2 Å². The van der Waals surface area contributed by atoms with Gasteiger partial charge in [-0.25, -0.2) is 13.1 Å². The molecule has 0 unspecified atom stereocenters. The van der Waals surface area contributed by atoms with E-state index in [0.717, 1.165) is 0 Å². The number of methoxy groups -OCH3 is 1. The van der Waals surface area contributed by atoms with Crippen LogP contribution in [-0.2, 0) is 10.0 Å². The fraction of sp³-hybridized carbons (Fsp3) is 0.458. The lowest BCUT2D eigenvalue weighted by atomic mass is 10.1. The third kappa shape index (κ3) is 6.17. The standard InChI is InChI=1S/C24H32N2O6S/c1-5-31-20-8-6-7-9-21(20)32-19-12-14-26(15-13-19)24(27)18-10-11-22(30-4)23(16-18)33(28,29)25-17(2)3/h6-11,16-17,19,25H,5,12-15H2,1-4H3. The SMILES string of the molecule is CCOc1ccccc1OC1CCN(C(=O)c2ccc(OC)c(S(=O)(=O)NC(C)C)c2)CC1. The van der Waals surface area contributed by atoms with Gasteiger partial charge >= 0.3 is 0 Å². The highest BCUT2D eigenvalue weighted by Crippen LogP contribution is 2.30. The number of nitrogens with one attached hydrogen (secondary N) is 1. The Bertz CT molecular complexity index is 1060. The maximum absolute atomic E-state index is 13.1. The molecule has 33 heavy (non-hydrogen) atoms. The molecule has 0 atom stereocenters. The second-order valence-electron chi connectivity index (χ2n) is 8.13. The van der Waals surface area contributed by atoms with Gasteiger partial charge in [0.15, 0.2) is 11.5 Å². The maximum atomic E-state index is 13.1. The molecular formula is C24H32N2O6S. The molecule has 1 N–H and O–H groups in total. The first-order valence-electron chi connectivity index (χ1n) is 11.1. The molecule has 1 heterocycles. The molecule has 8 nitrogen and oxygen atoms in total. The predicted molar refractivity (Wildman–Crippen MR) is 126 cm³/mol. The number of rotatable bonds is 9. The van der Waals surface area contributed by atoms with Crippen LogP contribution in [0, 0.1) is 0 Å². The minimum Gasteiger partial charge on any atom is -0.495 e. The number of hydrogen-bond donors (Lipinski definition) is 1. The number of ether oxygens (including phenoxy) is 3. The second kappa shape index (κ2) is 10.9. The lowest BCUT2D eigenvalue weighted by Crippen LogP contribution is -2.42. The van der Waals surface area contributed by atoms with Gasteiger partial charge in [0, 0.05) is 37.5 Å². The molecular weight excluding hydrogens is 444 g/mol. The van der Waals surface area contributed by atoms with Crippen molar-refractivity contribution in [3.8, 4) is 17.2 Å². The molecule has 3 rings (SSSR count). The molecule has 1 aliphatic rings. The number of likely N-dealkylation sites (tertiary alicyclic amines) is 1. The van der Waals surface area contributed by atoms with Gasteiger partial charge in [0.2, 0.25) is 10.0 Å². The molecule has 0 aliphatic carbocycles. The van der Waals surface area contributed by atoms with Gasteiger partial charge in [-0.2, -0.15) is 0 Å². The number of carbonyl (C=O) groups excluding carboxylic acids is 1. The van der Waals surface area contributed by atoms with Gasteiger partial charge in [-0.3, -0.25) is 4.79 Å². The number of hydrogen-bond acceptors (Lipinski definition) is 6. The van der Waals surface area contributed by atoms with E-state index in [2.05, 4.69) is 4.72 Å². The highest BCUT2D eigenvalue weighted by atomic mass is 32.2. The van der Waals surface area contributed by atoms with Crippen LogP contribution in [0.4, 0.5) is 0 Å². The van der Waals surface area contributed by atoms with Crippen LogP contribution in [0.5, 0.6) is 17.2 Å². The van der Waals surface area contributed by atoms with Gasteiger partial charge in [-0.1, -0.05) is 12.1 Å². The molecule has 0 bridgehead atoms. The number of benzene rings is 2. The Morgan fingerprint density at radius 1 is 1.09 bits per heavy atom. The van der Waals surface area contributed by atoms with Gasteiger partial charge in [0.1, 0.15) is 16.7 Å². The molecule has 0 spiro atoms. The van der Waals surface area contributed by atoms with E-state index in [9.17, 15) is 13.2 Å². The molecule has 180 valence electrons. The smallest absolute Gasteiger partial charge is 0.253 e. The first kappa shape index (κ1) is 24.9. The van der Waals surface area contributed by atoms with Gasteiger partial charge < -0.3 is 19.1 Å². The van der Waals surface area contributed by atoms with Gasteiger partial charge in [-0.05, 0) is 51.1 Å². The maximum Gasteiger partial charge on any atom is 0.253 e. The zero-order chi connectivity index (χ0) is 24.0. The summed E-state index contributed by atoms with van der Waals surface area (Å²) in [6.07, 6.45) is 1.31. The molecule has 0 aromatic heterocycles. The molecule has 9 heteroatoms. The van der Waals surface area contributed by atoms with Crippen LogP contribution in [0.15, 0.2) is 47.4 Å². The largest absolute Gasteiger partial charge is 0.495 e. The van der Waals surface area contributed by atoms with Crippen molar-refractivity contribution in [1.82, 2.24) is 9.62 Å². The first-order chi connectivity index (χ1) is 15.7. The summed E-state index contributed by atoms with van der Waals surface area (Å²) in [5, 5.41) is 0. The average Bonchev–Trinajstić information content (AvgIpc) is 2.79. The fourth-order valence-corrected chi connectivity index (χ4v) is 5.20. The Kier molecular flexibility index (Phi) is 8.20. The lowest BCUT2D eigenvalue weighted by molar-refractivity contribution is 0.0589. The van der Waals surface area contributed by atoms with Crippen molar-refractivity contribution in [2.45, 2.75) is 50.7 Å². The Morgan fingerprint density at radius 2 is 1.76 bits per heavy atom. The normalized spacial score (nSPS) is 14.9. The number of amides is 1. The van der Waals surface area contributed by atoms with Gasteiger partial charge in [-0.15, -0.1) is 0 Å². The van der Waals surface area contributed by atoms with E-state index in [1.54, 1.807) is 24.8 Å². The topological polar surface area (TPSA) is 94.2 Å². The van der Waals surface area contributed by atoms with Crippen molar-refractivity contribution in [3.05, 3.63) is 48.0 Å². The summed E-state index contributed by atoms with van der Waals surface area (Å²) in [7, 11) is -2.42. The van der Waals surface area contributed by atoms with Crippen molar-refractivity contribution in [3.63, 3.8) is 0 Å². The first-order valence-corrected chi connectivity index (χ1v) is 12.6. The third-order valence-electron chi connectivity index (χ3n) is 5.26. The summed E-state index contributed by atoms with van der Waals surface area (Å²) in [4.78, 5) is 14.8. The van der Waals surface area contributed by atoms with Crippen molar-refractivity contribution in [2.24, 2.45) is 0 Å². The lowest BCUT2D eigenvalue weighted by Gasteiger charge is -2.32. The van der Waals surface area contributed by atoms with E-state index in [-0.39, 0.29) is 28.7 Å². The van der Waals surface area contributed by atoms with Gasteiger partial charge in [0.05, 0.1) is 13.7 Å². The Labute approximate surface area is 195 Å². The summed E-state index contributed by atoms with van der Waals surface area (Å²) < 4.78 is 45.0. The molecule has 2 aromatic rings. The van der Waals surface area contributed by atoms with Gasteiger partial charge in [0.25, 0.3) is 5.91 Å². The number of carbonyl (C=O) groups is 1. The van der Waals surface area contributed by atoms with Crippen LogP contribution in [0.1, 0.15) is 44.0 Å². The minimum atomic E-state index is -3.82. The molecule has 1 fully saturated rings. The Hall–Kier alpha value is -2.78. The quantitative estimate of drug-likeness (QED) is 0.596. The summed E-state index contributed by atoms with van der Waals surface area (Å²) in [6.45, 7) is 6.97. The Morgan fingerprint density at radius 3 is 2.36 bits per heavy atom. The highest BCUT2D eigenvalue weighted by Gasteiger charge is 2.28. The van der Waals surface area contributed by atoms with E-state index in [1.807, 2.05) is 31.2 Å². The van der Waals surface area contributed by atoms with E-state index < -0.39 is 10.0 Å². The molecule has 0 radical (unpaired) electrons. The predicted octanol–water partition coefficient (Wildman–Crippen LogP) is 3.46. The van der Waals surface area contributed by atoms with Crippen LogP contribution in [0.3, 0.4) is 0 Å². The zero-order valence-corrected chi connectivity index (χ0v) is 20.4. The molecule has 1 amide bonds. The summed E-state index contributed by atoms with van der Waals surface area (Å²) in [6, 6.07) is 11.8. The minimum absolute atomic E-state index is 0.0299. The molecule has 1 saturated heterocycles. The monoisotopic (exact) mass is 476 g/mol. The summed E-state index contributed by atoms with van der Waals surface area (Å²) >= 11 is 0.